The van der Waals surface area contributed by atoms with Crippen molar-refractivity contribution < 1.29 is 4.79 Å². The van der Waals surface area contributed by atoms with Gasteiger partial charge in [-0.2, -0.15) is 0 Å². The molecule has 0 aliphatic heterocycles. The van der Waals surface area contributed by atoms with Crippen LogP contribution in [0, 0.1) is 0 Å². The fraction of sp³-hybridized carbons (Fsp3) is 0.458. The van der Waals surface area contributed by atoms with Crippen LogP contribution in [-0.4, -0.2) is 15.5 Å². The fourth-order valence-corrected chi connectivity index (χ4v) is 6.06. The average Bonchev–Trinajstić information content (AvgIpc) is 3.14. The third-order valence-electron chi connectivity index (χ3n) is 6.51. The SMILES string of the molecule is C[C@H](NC(=O)Cn1cnc2sc3c(c2c1=O)CCCC3)c1ccc2c(c1)CCCC2. The van der Waals surface area contributed by atoms with Crippen LogP contribution in [0.15, 0.2) is 29.3 Å². The highest BCUT2D eigenvalue weighted by Gasteiger charge is 2.21. The molecule has 6 heteroatoms. The van der Waals surface area contributed by atoms with Crippen LogP contribution < -0.4 is 10.9 Å². The highest BCUT2D eigenvalue weighted by molar-refractivity contribution is 7.18. The third kappa shape index (κ3) is 3.58. The number of fused-ring (bicyclic) bond motifs is 4. The summed E-state index contributed by atoms with van der Waals surface area (Å²) in [4.78, 5) is 32.4. The molecule has 5 rings (SSSR count). The van der Waals surface area contributed by atoms with Crippen LogP contribution in [0.1, 0.15) is 65.8 Å². The summed E-state index contributed by atoms with van der Waals surface area (Å²) < 4.78 is 1.46. The van der Waals surface area contributed by atoms with Gasteiger partial charge in [-0.25, -0.2) is 4.98 Å². The Labute approximate surface area is 180 Å². The van der Waals surface area contributed by atoms with Gasteiger partial charge in [0.15, 0.2) is 0 Å². The number of amides is 1. The Balaban J connectivity index is 1.33. The lowest BCUT2D eigenvalue weighted by atomic mass is 9.89. The monoisotopic (exact) mass is 421 g/mol. The zero-order chi connectivity index (χ0) is 20.7. The summed E-state index contributed by atoms with van der Waals surface area (Å²) in [6.45, 7) is 2.00. The van der Waals surface area contributed by atoms with Gasteiger partial charge in [-0.3, -0.25) is 14.2 Å². The van der Waals surface area contributed by atoms with Crippen LogP contribution in [0.3, 0.4) is 0 Å². The van der Waals surface area contributed by atoms with Crippen molar-refractivity contribution >= 4 is 27.5 Å². The van der Waals surface area contributed by atoms with E-state index in [0.717, 1.165) is 53.4 Å². The van der Waals surface area contributed by atoms with E-state index >= 15 is 0 Å². The summed E-state index contributed by atoms with van der Waals surface area (Å²) in [5.41, 5.74) is 5.05. The van der Waals surface area contributed by atoms with Crippen LogP contribution in [0.4, 0.5) is 0 Å². The van der Waals surface area contributed by atoms with Crippen molar-refractivity contribution in [3.8, 4) is 0 Å². The molecule has 0 saturated carbocycles. The fourth-order valence-electron chi connectivity index (χ4n) is 4.84. The lowest BCUT2D eigenvalue weighted by Gasteiger charge is -2.20. The third-order valence-corrected chi connectivity index (χ3v) is 7.71. The molecule has 2 aromatic heterocycles. The van der Waals surface area contributed by atoms with E-state index < -0.39 is 0 Å². The van der Waals surface area contributed by atoms with Gasteiger partial charge < -0.3 is 5.32 Å². The Hall–Kier alpha value is -2.47. The minimum Gasteiger partial charge on any atom is -0.348 e. The molecular weight excluding hydrogens is 394 g/mol. The first-order chi connectivity index (χ1) is 14.6. The van der Waals surface area contributed by atoms with Crippen LogP contribution in [0.25, 0.3) is 10.2 Å². The first-order valence-corrected chi connectivity index (χ1v) is 11.8. The van der Waals surface area contributed by atoms with Crippen molar-refractivity contribution in [3.05, 3.63) is 62.0 Å². The summed E-state index contributed by atoms with van der Waals surface area (Å²) in [6, 6.07) is 6.46. The second kappa shape index (κ2) is 7.99. The molecule has 2 aliphatic carbocycles. The summed E-state index contributed by atoms with van der Waals surface area (Å²) >= 11 is 1.64. The number of nitrogens with one attached hydrogen (secondary N) is 1. The number of carbonyl (C=O) groups excluding carboxylic acids is 1. The van der Waals surface area contributed by atoms with Crippen LogP contribution >= 0.6 is 11.3 Å². The Morgan fingerprint density at radius 2 is 1.90 bits per heavy atom. The van der Waals surface area contributed by atoms with E-state index in [4.69, 9.17) is 0 Å². The molecule has 1 atom stereocenters. The van der Waals surface area contributed by atoms with Gasteiger partial charge in [0.05, 0.1) is 17.8 Å². The topological polar surface area (TPSA) is 64.0 Å². The van der Waals surface area contributed by atoms with Crippen molar-refractivity contribution in [3.63, 3.8) is 0 Å². The van der Waals surface area contributed by atoms with Gasteiger partial charge >= 0.3 is 0 Å². The van der Waals surface area contributed by atoms with E-state index in [1.165, 1.54) is 46.2 Å². The molecule has 2 heterocycles. The molecule has 2 aliphatic rings. The highest BCUT2D eigenvalue weighted by atomic mass is 32.1. The van der Waals surface area contributed by atoms with Crippen LogP contribution in [-0.2, 0) is 37.0 Å². The first kappa shape index (κ1) is 19.5. The summed E-state index contributed by atoms with van der Waals surface area (Å²) in [7, 11) is 0. The molecule has 0 radical (unpaired) electrons. The van der Waals surface area contributed by atoms with E-state index in [0.29, 0.717) is 0 Å². The predicted molar refractivity (Wildman–Crippen MR) is 120 cm³/mol. The number of nitrogens with zero attached hydrogens (tertiary/aromatic N) is 2. The molecule has 3 aromatic rings. The van der Waals surface area contributed by atoms with Crippen molar-refractivity contribution in [1.29, 1.82) is 0 Å². The van der Waals surface area contributed by atoms with Crippen molar-refractivity contribution in [1.82, 2.24) is 14.9 Å². The van der Waals surface area contributed by atoms with Gasteiger partial charge in [0.25, 0.3) is 5.56 Å². The van der Waals surface area contributed by atoms with Gasteiger partial charge in [0.1, 0.15) is 11.4 Å². The Kier molecular flexibility index (Phi) is 5.19. The summed E-state index contributed by atoms with van der Waals surface area (Å²) in [6.07, 6.45) is 10.6. The van der Waals surface area contributed by atoms with E-state index in [-0.39, 0.29) is 24.1 Å². The van der Waals surface area contributed by atoms with Gasteiger partial charge in [0, 0.05) is 4.88 Å². The number of hydrogen-bond donors (Lipinski definition) is 1. The Bertz CT molecular complexity index is 1180. The molecule has 0 fully saturated rings. The van der Waals surface area contributed by atoms with Crippen molar-refractivity contribution in [2.45, 2.75) is 70.9 Å². The smallest absolute Gasteiger partial charge is 0.262 e. The maximum atomic E-state index is 13.1. The van der Waals surface area contributed by atoms with Crippen LogP contribution in [0.2, 0.25) is 0 Å². The molecule has 0 bridgehead atoms. The molecule has 1 N–H and O–H groups in total. The van der Waals surface area contributed by atoms with E-state index in [2.05, 4.69) is 28.5 Å². The van der Waals surface area contributed by atoms with E-state index in [9.17, 15) is 9.59 Å². The first-order valence-electron chi connectivity index (χ1n) is 11.0. The second-order valence-electron chi connectivity index (χ2n) is 8.59. The molecule has 5 nitrogen and oxygen atoms in total. The van der Waals surface area contributed by atoms with Crippen molar-refractivity contribution in [2.75, 3.05) is 0 Å². The Morgan fingerprint density at radius 1 is 1.13 bits per heavy atom. The molecule has 156 valence electrons. The normalized spacial score (nSPS) is 16.7. The number of benzene rings is 1. The van der Waals surface area contributed by atoms with Crippen molar-refractivity contribution in [2.24, 2.45) is 0 Å². The largest absolute Gasteiger partial charge is 0.348 e. The van der Waals surface area contributed by atoms with Gasteiger partial charge in [-0.1, -0.05) is 18.2 Å². The van der Waals surface area contributed by atoms with Gasteiger partial charge in [-0.15, -0.1) is 11.3 Å². The van der Waals surface area contributed by atoms with Crippen LogP contribution in [0.5, 0.6) is 0 Å². The maximum absolute atomic E-state index is 13.1. The zero-order valence-electron chi connectivity index (χ0n) is 17.4. The lowest BCUT2D eigenvalue weighted by Crippen LogP contribution is -2.34. The second-order valence-corrected chi connectivity index (χ2v) is 9.68. The molecular formula is C24H27N3O2S. The Morgan fingerprint density at radius 3 is 2.77 bits per heavy atom. The number of rotatable bonds is 4. The average molecular weight is 422 g/mol. The standard InChI is InChI=1S/C24H27N3O2S/c1-15(17-11-10-16-6-2-3-7-18(16)12-17)26-21(28)13-27-14-25-23-22(24(27)29)19-8-4-5-9-20(19)30-23/h10-12,14-15H,2-9,13H2,1H3,(H,26,28)/t15-/m0/s1. The summed E-state index contributed by atoms with van der Waals surface area (Å²) in [5.74, 6) is -0.160. The minimum absolute atomic E-state index is 0.00166. The molecule has 0 unspecified atom stereocenters. The number of hydrogen-bond acceptors (Lipinski definition) is 4. The number of aryl methyl sites for hydroxylation is 4. The van der Waals surface area contributed by atoms with Gasteiger partial charge in [-0.05, 0) is 80.5 Å². The number of carbonyl (C=O) groups is 1. The molecule has 30 heavy (non-hydrogen) atoms. The van der Waals surface area contributed by atoms with E-state index in [1.807, 2.05) is 6.92 Å². The molecule has 1 aromatic carbocycles. The summed E-state index contributed by atoms with van der Waals surface area (Å²) in [5, 5.41) is 3.79. The molecule has 0 spiro atoms. The minimum atomic E-state index is -0.160. The number of thiophene rings is 1. The maximum Gasteiger partial charge on any atom is 0.262 e. The number of aromatic nitrogens is 2. The quantitative estimate of drug-likeness (QED) is 0.690. The highest BCUT2D eigenvalue weighted by Crippen LogP contribution is 2.33. The van der Waals surface area contributed by atoms with E-state index in [1.54, 1.807) is 11.3 Å². The zero-order valence-corrected chi connectivity index (χ0v) is 18.2. The lowest BCUT2D eigenvalue weighted by molar-refractivity contribution is -0.122. The molecule has 1 amide bonds. The molecule has 0 saturated heterocycles. The predicted octanol–water partition coefficient (Wildman–Crippen LogP) is 4.09. The van der Waals surface area contributed by atoms with Gasteiger partial charge in [0.2, 0.25) is 5.91 Å².